The molecule has 0 saturated heterocycles. The number of likely N-dealkylation sites (N-methyl/N-ethyl adjacent to an activating group) is 1. The fraction of sp³-hybridized carbons (Fsp3) is 0.296. The topological polar surface area (TPSA) is 73.1 Å². The minimum absolute atomic E-state index is 0.138. The first-order chi connectivity index (χ1) is 17.7. The van der Waals surface area contributed by atoms with Crippen LogP contribution >= 0.6 is 38.9 Å². The van der Waals surface area contributed by atoms with Crippen LogP contribution in [0.25, 0.3) is 6.08 Å². The highest BCUT2D eigenvalue weighted by Gasteiger charge is 2.34. The molecule has 194 valence electrons. The summed E-state index contributed by atoms with van der Waals surface area (Å²) in [4.78, 5) is 34.5. The number of fused-ring (bicyclic) bond motifs is 1. The van der Waals surface area contributed by atoms with Crippen molar-refractivity contribution in [3.63, 3.8) is 0 Å². The van der Waals surface area contributed by atoms with Crippen molar-refractivity contribution in [3.8, 4) is 11.5 Å². The van der Waals surface area contributed by atoms with E-state index in [-0.39, 0.29) is 11.5 Å². The van der Waals surface area contributed by atoms with Gasteiger partial charge in [-0.05, 0) is 66.5 Å². The van der Waals surface area contributed by atoms with Crippen molar-refractivity contribution in [2.45, 2.75) is 26.8 Å². The van der Waals surface area contributed by atoms with Gasteiger partial charge in [0.05, 0.1) is 40.5 Å². The molecule has 0 spiro atoms. The van der Waals surface area contributed by atoms with E-state index in [0.717, 1.165) is 10.0 Å². The average Bonchev–Trinajstić information content (AvgIpc) is 3.18. The summed E-state index contributed by atoms with van der Waals surface area (Å²) in [5, 5.41) is 0.575. The molecule has 0 radical (unpaired) electrons. The molecule has 4 rings (SSSR count). The van der Waals surface area contributed by atoms with Crippen LogP contribution in [0.2, 0.25) is 5.02 Å². The van der Waals surface area contributed by atoms with Crippen molar-refractivity contribution < 1.29 is 14.3 Å². The lowest BCUT2D eigenvalue weighted by Gasteiger charge is -2.29. The highest BCUT2D eigenvalue weighted by Crippen LogP contribution is 2.34. The highest BCUT2D eigenvalue weighted by molar-refractivity contribution is 9.10. The Bertz CT molecular complexity index is 1560. The van der Waals surface area contributed by atoms with E-state index in [1.165, 1.54) is 11.3 Å². The zero-order valence-electron chi connectivity index (χ0n) is 21.2. The lowest BCUT2D eigenvalue weighted by Crippen LogP contribution is -2.43. The Morgan fingerprint density at radius 1 is 1.16 bits per heavy atom. The van der Waals surface area contributed by atoms with Crippen LogP contribution in [0.3, 0.4) is 0 Å². The summed E-state index contributed by atoms with van der Waals surface area (Å²) in [5.74, 6) is 1.04. The number of allylic oxidation sites excluding steroid dienone is 1. The third kappa shape index (κ3) is 5.12. The monoisotopic (exact) mass is 603 g/mol. The molecule has 2 aromatic carbocycles. The van der Waals surface area contributed by atoms with E-state index in [1.807, 2.05) is 39.0 Å². The SMILES string of the molecule is CCN(CC)C(=O)C1=C(C)N=c2s/c(=C/c3cc(Br)c(OC)cc3OC)c(=O)n2[C@H]1c1ccc(Cl)cc1. The van der Waals surface area contributed by atoms with E-state index in [2.05, 4.69) is 15.9 Å². The Labute approximate surface area is 232 Å². The van der Waals surface area contributed by atoms with Crippen LogP contribution in [0.5, 0.6) is 11.5 Å². The number of nitrogens with zero attached hydrogens (tertiary/aromatic N) is 3. The van der Waals surface area contributed by atoms with Gasteiger partial charge in [-0.25, -0.2) is 4.99 Å². The van der Waals surface area contributed by atoms with Gasteiger partial charge >= 0.3 is 0 Å². The van der Waals surface area contributed by atoms with Crippen LogP contribution in [0.1, 0.15) is 37.9 Å². The molecule has 0 N–H and O–H groups in total. The number of thiazole rings is 1. The number of ether oxygens (including phenoxy) is 2. The largest absolute Gasteiger partial charge is 0.496 e. The molecule has 1 aromatic heterocycles. The molecule has 1 atom stereocenters. The molecule has 10 heteroatoms. The minimum Gasteiger partial charge on any atom is -0.496 e. The van der Waals surface area contributed by atoms with Gasteiger partial charge in [-0.1, -0.05) is 35.1 Å². The molecule has 0 aliphatic carbocycles. The second-order valence-corrected chi connectivity index (χ2v) is 10.6. The maximum Gasteiger partial charge on any atom is 0.271 e. The van der Waals surface area contributed by atoms with Gasteiger partial charge in [-0.3, -0.25) is 14.2 Å². The van der Waals surface area contributed by atoms with E-state index < -0.39 is 6.04 Å². The number of aromatic nitrogens is 1. The maximum absolute atomic E-state index is 13.9. The third-order valence-corrected chi connectivity index (χ3v) is 8.13. The zero-order chi connectivity index (χ0) is 26.9. The van der Waals surface area contributed by atoms with Gasteiger partial charge in [0.25, 0.3) is 11.5 Å². The molecule has 2 heterocycles. The molecule has 0 bridgehead atoms. The molecule has 3 aromatic rings. The molecular formula is C27H27BrClN3O4S. The van der Waals surface area contributed by atoms with Crippen molar-refractivity contribution in [2.24, 2.45) is 4.99 Å². The second-order valence-electron chi connectivity index (χ2n) is 8.34. The number of benzene rings is 2. The van der Waals surface area contributed by atoms with Gasteiger partial charge in [0.15, 0.2) is 4.80 Å². The van der Waals surface area contributed by atoms with E-state index >= 15 is 0 Å². The molecule has 1 aliphatic heterocycles. The van der Waals surface area contributed by atoms with Crippen molar-refractivity contribution in [1.82, 2.24) is 9.47 Å². The van der Waals surface area contributed by atoms with Crippen molar-refractivity contribution >= 4 is 50.9 Å². The van der Waals surface area contributed by atoms with Gasteiger partial charge in [0, 0.05) is 29.7 Å². The Morgan fingerprint density at radius 3 is 2.41 bits per heavy atom. The van der Waals surface area contributed by atoms with E-state index in [9.17, 15) is 9.59 Å². The number of methoxy groups -OCH3 is 2. The summed E-state index contributed by atoms with van der Waals surface area (Å²) in [6, 6.07) is 10.2. The molecule has 0 unspecified atom stereocenters. The van der Waals surface area contributed by atoms with E-state index in [0.29, 0.717) is 55.8 Å². The summed E-state index contributed by atoms with van der Waals surface area (Å²) < 4.78 is 13.7. The van der Waals surface area contributed by atoms with Crippen molar-refractivity contribution in [3.05, 3.63) is 88.0 Å². The number of carbonyl (C=O) groups is 1. The summed E-state index contributed by atoms with van der Waals surface area (Å²) >= 11 is 10.9. The normalized spacial score (nSPS) is 15.3. The number of amides is 1. The summed E-state index contributed by atoms with van der Waals surface area (Å²) in [6.07, 6.45) is 1.77. The van der Waals surface area contributed by atoms with Gasteiger partial charge in [0.2, 0.25) is 0 Å². The summed E-state index contributed by atoms with van der Waals surface area (Å²) in [7, 11) is 3.14. The molecule has 0 saturated carbocycles. The predicted molar refractivity (Wildman–Crippen MR) is 150 cm³/mol. The average molecular weight is 605 g/mol. The number of hydrogen-bond donors (Lipinski definition) is 0. The van der Waals surface area contributed by atoms with E-state index in [1.54, 1.807) is 48.0 Å². The van der Waals surface area contributed by atoms with E-state index in [4.69, 9.17) is 26.1 Å². The van der Waals surface area contributed by atoms with Gasteiger partial charge in [0.1, 0.15) is 11.5 Å². The van der Waals surface area contributed by atoms with Crippen LogP contribution in [-0.2, 0) is 4.79 Å². The first-order valence-corrected chi connectivity index (χ1v) is 13.7. The number of halogens is 2. The lowest BCUT2D eigenvalue weighted by molar-refractivity contribution is -0.127. The fourth-order valence-electron chi connectivity index (χ4n) is 4.37. The molecule has 1 amide bonds. The van der Waals surface area contributed by atoms with Gasteiger partial charge in [-0.2, -0.15) is 0 Å². The Morgan fingerprint density at radius 2 is 1.81 bits per heavy atom. The fourth-order valence-corrected chi connectivity index (χ4v) is 6.06. The van der Waals surface area contributed by atoms with Gasteiger partial charge < -0.3 is 14.4 Å². The summed E-state index contributed by atoms with van der Waals surface area (Å²) in [6.45, 7) is 6.79. The highest BCUT2D eigenvalue weighted by atomic mass is 79.9. The van der Waals surface area contributed by atoms with Crippen LogP contribution in [0.4, 0.5) is 0 Å². The number of carbonyl (C=O) groups excluding carboxylic acids is 1. The Hall–Kier alpha value is -2.88. The maximum atomic E-state index is 13.9. The lowest BCUT2D eigenvalue weighted by atomic mass is 9.94. The molecular weight excluding hydrogens is 578 g/mol. The standard InChI is InChI=1S/C27H27BrClN3O4S/c1-6-31(7-2)26(34)23-15(3)30-27-32(24(23)16-8-10-18(29)11-9-16)25(33)22(37-27)13-17-12-19(28)21(36-5)14-20(17)35-4/h8-14,24H,6-7H2,1-5H3/b22-13+/t24-/m0/s1. The zero-order valence-corrected chi connectivity index (χ0v) is 24.3. The molecule has 37 heavy (non-hydrogen) atoms. The Balaban J connectivity index is 1.97. The van der Waals surface area contributed by atoms with Crippen LogP contribution in [0, 0.1) is 0 Å². The van der Waals surface area contributed by atoms with Crippen molar-refractivity contribution in [1.29, 1.82) is 0 Å². The van der Waals surface area contributed by atoms with Gasteiger partial charge in [-0.15, -0.1) is 0 Å². The minimum atomic E-state index is -0.631. The molecule has 1 aliphatic rings. The quantitative estimate of drug-likeness (QED) is 0.397. The van der Waals surface area contributed by atoms with Crippen LogP contribution in [-0.4, -0.2) is 42.7 Å². The first-order valence-electron chi connectivity index (χ1n) is 11.7. The van der Waals surface area contributed by atoms with Crippen molar-refractivity contribution in [2.75, 3.05) is 27.3 Å². The van der Waals surface area contributed by atoms with Crippen LogP contribution in [0.15, 0.2) is 61.9 Å². The first kappa shape index (κ1) is 27.2. The number of rotatable bonds is 7. The molecule has 0 fully saturated rings. The predicted octanol–water partition coefficient (Wildman–Crippen LogP) is 4.54. The molecule has 7 nitrogen and oxygen atoms in total. The third-order valence-electron chi connectivity index (χ3n) is 6.28. The smallest absolute Gasteiger partial charge is 0.271 e. The van der Waals surface area contributed by atoms with Crippen LogP contribution < -0.4 is 24.4 Å². The second kappa shape index (κ2) is 11.2. The Kier molecular flexibility index (Phi) is 8.26. The number of hydrogen-bond acceptors (Lipinski definition) is 6. The summed E-state index contributed by atoms with van der Waals surface area (Å²) in [5.41, 5.74) is 2.32.